The third kappa shape index (κ3) is 2.57. The first-order valence-electron chi connectivity index (χ1n) is 7.58. The summed E-state index contributed by atoms with van der Waals surface area (Å²) in [4.78, 5) is 4.21. The lowest BCUT2D eigenvalue weighted by molar-refractivity contribution is 0.482. The van der Waals surface area contributed by atoms with Crippen molar-refractivity contribution in [2.24, 2.45) is 0 Å². The van der Waals surface area contributed by atoms with Gasteiger partial charge in [-0.3, -0.25) is 0 Å². The number of nitrogens with zero attached hydrogens (tertiary/aromatic N) is 1. The average molecular weight is 300 g/mol. The van der Waals surface area contributed by atoms with Gasteiger partial charge in [0.05, 0.1) is 0 Å². The topological polar surface area (TPSA) is 48.1 Å². The van der Waals surface area contributed by atoms with Gasteiger partial charge in [-0.25, -0.2) is 4.98 Å². The second kappa shape index (κ2) is 5.61. The Bertz CT molecular complexity index is 868. The zero-order chi connectivity index (χ0) is 15.6. The van der Waals surface area contributed by atoms with E-state index in [-0.39, 0.29) is 0 Å². The van der Waals surface area contributed by atoms with Gasteiger partial charge < -0.3 is 10.5 Å². The first kappa shape index (κ1) is 13.6. The summed E-state index contributed by atoms with van der Waals surface area (Å²) in [6.45, 7) is 0. The average Bonchev–Trinajstić information content (AvgIpc) is 3.02. The molecule has 0 fully saturated rings. The van der Waals surface area contributed by atoms with E-state index in [1.54, 1.807) is 6.20 Å². The molecule has 0 saturated heterocycles. The van der Waals surface area contributed by atoms with E-state index in [0.29, 0.717) is 5.82 Å². The quantitative estimate of drug-likeness (QED) is 0.777. The van der Waals surface area contributed by atoms with Crippen molar-refractivity contribution in [3.05, 3.63) is 89.6 Å². The zero-order valence-corrected chi connectivity index (χ0v) is 12.6. The van der Waals surface area contributed by atoms with Crippen LogP contribution in [0.25, 0.3) is 5.57 Å². The van der Waals surface area contributed by atoms with Crippen LogP contribution in [0.15, 0.2) is 72.9 Å². The molecule has 1 aromatic heterocycles. The van der Waals surface area contributed by atoms with Gasteiger partial charge in [-0.2, -0.15) is 0 Å². The molecule has 0 aliphatic heterocycles. The summed E-state index contributed by atoms with van der Waals surface area (Å²) in [5.74, 6) is 2.24. The lowest BCUT2D eigenvalue weighted by Crippen LogP contribution is -1.98. The Morgan fingerprint density at radius 1 is 0.870 bits per heavy atom. The van der Waals surface area contributed by atoms with Gasteiger partial charge in [0, 0.05) is 11.8 Å². The van der Waals surface area contributed by atoms with Crippen molar-refractivity contribution in [2.75, 3.05) is 5.73 Å². The lowest BCUT2D eigenvalue weighted by atomic mass is 10.00. The van der Waals surface area contributed by atoms with Gasteiger partial charge in [0.2, 0.25) is 0 Å². The SMILES string of the molecule is Nc1nccc2c1C(c1ccc(Oc3ccccc3)cc1)=CC2. The molecule has 0 atom stereocenters. The number of rotatable bonds is 3. The number of benzene rings is 2. The van der Waals surface area contributed by atoms with Gasteiger partial charge in [-0.15, -0.1) is 0 Å². The Hall–Kier alpha value is -3.07. The highest BCUT2D eigenvalue weighted by molar-refractivity contribution is 5.89. The van der Waals surface area contributed by atoms with E-state index in [1.165, 1.54) is 5.56 Å². The maximum atomic E-state index is 6.06. The molecule has 0 unspecified atom stereocenters. The fourth-order valence-electron chi connectivity index (χ4n) is 2.90. The molecule has 1 heterocycles. The Morgan fingerprint density at radius 2 is 1.61 bits per heavy atom. The molecule has 0 bridgehead atoms. The Kier molecular flexibility index (Phi) is 3.31. The zero-order valence-electron chi connectivity index (χ0n) is 12.6. The Labute approximate surface area is 135 Å². The van der Waals surface area contributed by atoms with E-state index in [0.717, 1.165) is 34.6 Å². The van der Waals surface area contributed by atoms with Crippen molar-refractivity contribution in [3.63, 3.8) is 0 Å². The maximum Gasteiger partial charge on any atom is 0.131 e. The van der Waals surface area contributed by atoms with Gasteiger partial charge in [-0.1, -0.05) is 36.4 Å². The van der Waals surface area contributed by atoms with Crippen molar-refractivity contribution in [1.29, 1.82) is 0 Å². The third-order valence-electron chi connectivity index (χ3n) is 4.01. The number of nitrogen functional groups attached to an aromatic ring is 1. The first-order valence-corrected chi connectivity index (χ1v) is 7.58. The van der Waals surface area contributed by atoms with Crippen molar-refractivity contribution < 1.29 is 4.74 Å². The van der Waals surface area contributed by atoms with Crippen molar-refractivity contribution in [1.82, 2.24) is 4.98 Å². The molecule has 23 heavy (non-hydrogen) atoms. The molecular formula is C20H16N2O. The van der Waals surface area contributed by atoms with E-state index in [1.807, 2.05) is 48.5 Å². The van der Waals surface area contributed by atoms with Crippen LogP contribution in [0.3, 0.4) is 0 Å². The summed E-state index contributed by atoms with van der Waals surface area (Å²) in [6.07, 6.45) is 4.87. The summed E-state index contributed by atoms with van der Waals surface area (Å²) >= 11 is 0. The summed E-state index contributed by atoms with van der Waals surface area (Å²) in [5.41, 5.74) is 10.6. The van der Waals surface area contributed by atoms with E-state index in [4.69, 9.17) is 10.5 Å². The molecule has 4 rings (SSSR count). The number of ether oxygens (including phenoxy) is 1. The fraction of sp³-hybridized carbons (Fsp3) is 0.0500. The van der Waals surface area contributed by atoms with Crippen molar-refractivity contribution in [2.45, 2.75) is 6.42 Å². The fourth-order valence-corrected chi connectivity index (χ4v) is 2.90. The molecule has 1 aliphatic rings. The van der Waals surface area contributed by atoms with Crippen LogP contribution in [0.5, 0.6) is 11.5 Å². The van der Waals surface area contributed by atoms with Gasteiger partial charge in [0.25, 0.3) is 0 Å². The molecule has 3 nitrogen and oxygen atoms in total. The van der Waals surface area contributed by atoms with E-state index < -0.39 is 0 Å². The number of hydrogen-bond acceptors (Lipinski definition) is 3. The number of aromatic nitrogens is 1. The van der Waals surface area contributed by atoms with Crippen molar-refractivity contribution >= 4 is 11.4 Å². The number of para-hydroxylation sites is 1. The maximum absolute atomic E-state index is 6.06. The van der Waals surface area contributed by atoms with Crippen LogP contribution in [0.4, 0.5) is 5.82 Å². The number of fused-ring (bicyclic) bond motifs is 1. The third-order valence-corrected chi connectivity index (χ3v) is 4.01. The highest BCUT2D eigenvalue weighted by atomic mass is 16.5. The lowest BCUT2D eigenvalue weighted by Gasteiger charge is -2.10. The highest BCUT2D eigenvalue weighted by Crippen LogP contribution is 2.36. The summed E-state index contributed by atoms with van der Waals surface area (Å²) in [7, 11) is 0. The standard InChI is InChI=1S/C20H16N2O/c21-20-19-15(12-13-22-20)8-11-18(19)14-6-9-17(10-7-14)23-16-4-2-1-3-5-16/h1-7,9-13H,8H2,(H2,21,22). The first-order chi connectivity index (χ1) is 11.3. The molecule has 3 heteroatoms. The van der Waals surface area contributed by atoms with Crippen molar-refractivity contribution in [3.8, 4) is 11.5 Å². The largest absolute Gasteiger partial charge is 0.457 e. The van der Waals surface area contributed by atoms with E-state index in [2.05, 4.69) is 23.2 Å². The van der Waals surface area contributed by atoms with E-state index in [9.17, 15) is 0 Å². The minimum Gasteiger partial charge on any atom is -0.457 e. The minimum absolute atomic E-state index is 0.593. The summed E-state index contributed by atoms with van der Waals surface area (Å²) in [5, 5.41) is 0. The summed E-state index contributed by atoms with van der Waals surface area (Å²) < 4.78 is 5.83. The highest BCUT2D eigenvalue weighted by Gasteiger charge is 2.18. The number of nitrogens with two attached hydrogens (primary N) is 1. The molecule has 3 aromatic rings. The van der Waals surface area contributed by atoms with Gasteiger partial charge in [0.1, 0.15) is 17.3 Å². The normalized spacial score (nSPS) is 12.6. The van der Waals surface area contributed by atoms with Crippen LogP contribution in [-0.2, 0) is 6.42 Å². The molecule has 0 amide bonds. The number of pyridine rings is 1. The molecule has 1 aliphatic carbocycles. The second-order valence-corrected chi connectivity index (χ2v) is 5.49. The predicted octanol–water partition coefficient (Wildman–Crippen LogP) is 4.44. The Morgan fingerprint density at radius 3 is 2.39 bits per heavy atom. The van der Waals surface area contributed by atoms with Crippen LogP contribution in [0.2, 0.25) is 0 Å². The molecule has 112 valence electrons. The predicted molar refractivity (Wildman–Crippen MR) is 92.4 cm³/mol. The molecule has 0 radical (unpaired) electrons. The number of hydrogen-bond donors (Lipinski definition) is 1. The smallest absolute Gasteiger partial charge is 0.131 e. The van der Waals surface area contributed by atoms with Crippen LogP contribution in [0.1, 0.15) is 16.7 Å². The number of allylic oxidation sites excluding steroid dienone is 1. The molecule has 2 N–H and O–H groups in total. The molecular weight excluding hydrogens is 284 g/mol. The number of anilines is 1. The van der Waals surface area contributed by atoms with Gasteiger partial charge in [-0.05, 0) is 53.5 Å². The van der Waals surface area contributed by atoms with Crippen LogP contribution < -0.4 is 10.5 Å². The molecule has 2 aromatic carbocycles. The van der Waals surface area contributed by atoms with Crippen LogP contribution >= 0.6 is 0 Å². The van der Waals surface area contributed by atoms with E-state index >= 15 is 0 Å². The van der Waals surface area contributed by atoms with Gasteiger partial charge >= 0.3 is 0 Å². The van der Waals surface area contributed by atoms with Crippen LogP contribution in [0, 0.1) is 0 Å². The molecule has 0 saturated carbocycles. The monoisotopic (exact) mass is 300 g/mol. The minimum atomic E-state index is 0.593. The van der Waals surface area contributed by atoms with Gasteiger partial charge in [0.15, 0.2) is 0 Å². The van der Waals surface area contributed by atoms with Crippen LogP contribution in [-0.4, -0.2) is 4.98 Å². The summed E-state index contributed by atoms with van der Waals surface area (Å²) in [6, 6.07) is 19.9. The second-order valence-electron chi connectivity index (χ2n) is 5.49. The molecule has 0 spiro atoms. The Balaban J connectivity index is 1.61.